The molecule has 0 saturated carbocycles. The summed E-state index contributed by atoms with van der Waals surface area (Å²) < 4.78 is 0. The average molecular weight is 271 g/mol. The lowest BCUT2D eigenvalue weighted by atomic mass is 10.1. The SMILES string of the molecule is CNCC(C)C(=O)Nc1ccc(Cl)c(C(=O)O)c1. The Kier molecular flexibility index (Phi) is 5.12. The summed E-state index contributed by atoms with van der Waals surface area (Å²) in [5.74, 6) is -1.51. The number of hydrogen-bond donors (Lipinski definition) is 3. The molecule has 1 rings (SSSR count). The van der Waals surface area contributed by atoms with E-state index in [0.29, 0.717) is 12.2 Å². The molecule has 0 aromatic heterocycles. The molecule has 1 aromatic rings. The van der Waals surface area contributed by atoms with Crippen molar-refractivity contribution in [2.45, 2.75) is 6.92 Å². The third kappa shape index (κ3) is 3.72. The van der Waals surface area contributed by atoms with E-state index < -0.39 is 5.97 Å². The van der Waals surface area contributed by atoms with E-state index in [0.717, 1.165) is 0 Å². The molecule has 0 fully saturated rings. The monoisotopic (exact) mass is 270 g/mol. The highest BCUT2D eigenvalue weighted by Crippen LogP contribution is 2.20. The average Bonchev–Trinajstić information content (AvgIpc) is 2.31. The van der Waals surface area contributed by atoms with E-state index >= 15 is 0 Å². The highest BCUT2D eigenvalue weighted by Gasteiger charge is 2.14. The zero-order valence-electron chi connectivity index (χ0n) is 10.2. The van der Waals surface area contributed by atoms with Crippen LogP contribution in [0.3, 0.4) is 0 Å². The molecular weight excluding hydrogens is 256 g/mol. The standard InChI is InChI=1S/C12H15ClN2O3/c1-7(6-14-2)11(16)15-8-3-4-10(13)9(5-8)12(17)18/h3-5,7,14H,6H2,1-2H3,(H,15,16)(H,17,18). The normalized spacial score (nSPS) is 11.9. The number of carbonyl (C=O) groups excluding carboxylic acids is 1. The second kappa shape index (κ2) is 6.37. The Morgan fingerprint density at radius 2 is 2.11 bits per heavy atom. The van der Waals surface area contributed by atoms with Crippen LogP contribution in [0, 0.1) is 5.92 Å². The molecule has 98 valence electrons. The lowest BCUT2D eigenvalue weighted by Crippen LogP contribution is -2.28. The Morgan fingerprint density at radius 3 is 2.67 bits per heavy atom. The molecule has 3 N–H and O–H groups in total. The van der Waals surface area contributed by atoms with Crippen molar-refractivity contribution in [1.82, 2.24) is 5.32 Å². The first-order valence-corrected chi connectivity index (χ1v) is 5.81. The van der Waals surface area contributed by atoms with Crippen molar-refractivity contribution in [2.24, 2.45) is 5.92 Å². The van der Waals surface area contributed by atoms with Crippen LogP contribution in [0.15, 0.2) is 18.2 Å². The number of amides is 1. The Bertz CT molecular complexity index is 463. The zero-order valence-corrected chi connectivity index (χ0v) is 10.9. The van der Waals surface area contributed by atoms with Gasteiger partial charge in [0.25, 0.3) is 0 Å². The number of carboxylic acids is 1. The van der Waals surface area contributed by atoms with Gasteiger partial charge in [0.15, 0.2) is 0 Å². The predicted molar refractivity (Wildman–Crippen MR) is 70.1 cm³/mol. The van der Waals surface area contributed by atoms with Crippen LogP contribution in [0.5, 0.6) is 0 Å². The quantitative estimate of drug-likeness (QED) is 0.763. The first-order chi connectivity index (χ1) is 8.45. The second-order valence-corrected chi connectivity index (χ2v) is 4.35. The van der Waals surface area contributed by atoms with Gasteiger partial charge in [-0.15, -0.1) is 0 Å². The highest BCUT2D eigenvalue weighted by molar-refractivity contribution is 6.33. The number of benzene rings is 1. The molecule has 6 heteroatoms. The Labute approximate surface area is 110 Å². The van der Waals surface area contributed by atoms with Gasteiger partial charge in [0.05, 0.1) is 10.6 Å². The predicted octanol–water partition coefficient (Wildman–Crippen LogP) is 1.83. The fraction of sp³-hybridized carbons (Fsp3) is 0.333. The molecule has 0 aliphatic rings. The lowest BCUT2D eigenvalue weighted by Gasteiger charge is -2.12. The smallest absolute Gasteiger partial charge is 0.337 e. The van der Waals surface area contributed by atoms with Crippen molar-refractivity contribution in [3.8, 4) is 0 Å². The molecule has 1 atom stereocenters. The second-order valence-electron chi connectivity index (χ2n) is 3.95. The summed E-state index contributed by atoms with van der Waals surface area (Å²) in [6, 6.07) is 4.36. The maximum atomic E-state index is 11.7. The summed E-state index contributed by atoms with van der Waals surface area (Å²) >= 11 is 5.74. The number of anilines is 1. The van der Waals surface area contributed by atoms with Crippen LogP contribution < -0.4 is 10.6 Å². The molecule has 0 heterocycles. The molecule has 0 aliphatic carbocycles. The van der Waals surface area contributed by atoms with Crippen molar-refractivity contribution in [2.75, 3.05) is 18.9 Å². The third-order valence-corrected chi connectivity index (χ3v) is 2.75. The molecule has 0 radical (unpaired) electrons. The minimum absolute atomic E-state index is 0.0317. The van der Waals surface area contributed by atoms with Gasteiger partial charge in [-0.2, -0.15) is 0 Å². The number of carboxylic acid groups (broad SMARTS) is 1. The van der Waals surface area contributed by atoms with Crippen LogP contribution in [0.25, 0.3) is 0 Å². The van der Waals surface area contributed by atoms with Crippen molar-refractivity contribution in [3.05, 3.63) is 28.8 Å². The Balaban J connectivity index is 2.82. The first-order valence-electron chi connectivity index (χ1n) is 5.44. The van der Waals surface area contributed by atoms with Gasteiger partial charge in [0.1, 0.15) is 0 Å². The van der Waals surface area contributed by atoms with E-state index in [1.165, 1.54) is 12.1 Å². The molecule has 1 aromatic carbocycles. The van der Waals surface area contributed by atoms with E-state index in [2.05, 4.69) is 10.6 Å². The zero-order chi connectivity index (χ0) is 13.7. The van der Waals surface area contributed by atoms with Gasteiger partial charge in [0.2, 0.25) is 5.91 Å². The molecule has 1 unspecified atom stereocenters. The van der Waals surface area contributed by atoms with Crippen molar-refractivity contribution in [3.63, 3.8) is 0 Å². The number of halogens is 1. The largest absolute Gasteiger partial charge is 0.478 e. The van der Waals surface area contributed by atoms with Crippen LogP contribution in [-0.4, -0.2) is 30.6 Å². The van der Waals surface area contributed by atoms with Crippen LogP contribution in [-0.2, 0) is 4.79 Å². The summed E-state index contributed by atoms with van der Waals surface area (Å²) in [5.41, 5.74) is 0.389. The summed E-state index contributed by atoms with van der Waals surface area (Å²) in [6.07, 6.45) is 0. The van der Waals surface area contributed by atoms with Gasteiger partial charge in [0, 0.05) is 18.2 Å². The third-order valence-electron chi connectivity index (χ3n) is 2.42. The highest BCUT2D eigenvalue weighted by atomic mass is 35.5. The van der Waals surface area contributed by atoms with E-state index in [1.54, 1.807) is 20.0 Å². The van der Waals surface area contributed by atoms with E-state index in [-0.39, 0.29) is 22.4 Å². The summed E-state index contributed by atoms with van der Waals surface area (Å²) in [6.45, 7) is 2.32. The van der Waals surface area contributed by atoms with Crippen LogP contribution >= 0.6 is 11.6 Å². The molecule has 0 spiro atoms. The van der Waals surface area contributed by atoms with Crippen molar-refractivity contribution < 1.29 is 14.7 Å². The van der Waals surface area contributed by atoms with E-state index in [1.807, 2.05) is 0 Å². The maximum absolute atomic E-state index is 11.7. The van der Waals surface area contributed by atoms with Gasteiger partial charge in [-0.1, -0.05) is 18.5 Å². The minimum atomic E-state index is -1.13. The molecule has 18 heavy (non-hydrogen) atoms. The summed E-state index contributed by atoms with van der Waals surface area (Å²) in [4.78, 5) is 22.6. The van der Waals surface area contributed by atoms with Crippen LogP contribution in [0.1, 0.15) is 17.3 Å². The topological polar surface area (TPSA) is 78.4 Å². The molecule has 1 amide bonds. The number of carbonyl (C=O) groups is 2. The number of hydrogen-bond acceptors (Lipinski definition) is 3. The van der Waals surface area contributed by atoms with Gasteiger partial charge >= 0.3 is 5.97 Å². The van der Waals surface area contributed by atoms with Crippen LogP contribution in [0.4, 0.5) is 5.69 Å². The van der Waals surface area contributed by atoms with Gasteiger partial charge in [-0.05, 0) is 25.2 Å². The minimum Gasteiger partial charge on any atom is -0.478 e. The maximum Gasteiger partial charge on any atom is 0.337 e. The molecule has 0 aliphatic heterocycles. The Hall–Kier alpha value is -1.59. The summed E-state index contributed by atoms with van der Waals surface area (Å²) in [5, 5.41) is 14.6. The number of aromatic carboxylic acids is 1. The molecule has 0 saturated heterocycles. The van der Waals surface area contributed by atoms with E-state index in [4.69, 9.17) is 16.7 Å². The van der Waals surface area contributed by atoms with Gasteiger partial charge in [-0.25, -0.2) is 4.79 Å². The number of rotatable bonds is 5. The fourth-order valence-corrected chi connectivity index (χ4v) is 1.63. The van der Waals surface area contributed by atoms with Gasteiger partial charge < -0.3 is 15.7 Å². The molecule has 5 nitrogen and oxygen atoms in total. The van der Waals surface area contributed by atoms with Crippen molar-refractivity contribution in [1.29, 1.82) is 0 Å². The first kappa shape index (κ1) is 14.5. The van der Waals surface area contributed by atoms with E-state index in [9.17, 15) is 9.59 Å². The molecular formula is C12H15ClN2O3. The van der Waals surface area contributed by atoms with Crippen molar-refractivity contribution >= 4 is 29.2 Å². The Morgan fingerprint density at radius 1 is 1.44 bits per heavy atom. The number of nitrogens with one attached hydrogen (secondary N) is 2. The fourth-order valence-electron chi connectivity index (χ4n) is 1.43. The van der Waals surface area contributed by atoms with Gasteiger partial charge in [-0.3, -0.25) is 4.79 Å². The molecule has 0 bridgehead atoms. The lowest BCUT2D eigenvalue weighted by molar-refractivity contribution is -0.119. The van der Waals surface area contributed by atoms with Crippen LogP contribution in [0.2, 0.25) is 5.02 Å². The summed E-state index contributed by atoms with van der Waals surface area (Å²) in [7, 11) is 1.76.